The first-order valence-corrected chi connectivity index (χ1v) is 9.00. The van der Waals surface area contributed by atoms with Crippen LogP contribution in [0, 0.1) is 0 Å². The average Bonchev–Trinajstić information content (AvgIpc) is 2.63. The number of hydrogen-bond acceptors (Lipinski definition) is 3. The summed E-state index contributed by atoms with van der Waals surface area (Å²) in [5.74, 6) is 1.38. The Balaban J connectivity index is 1.95. The second-order valence-electron chi connectivity index (χ2n) is 6.16. The number of rotatable bonds is 8. The van der Waals surface area contributed by atoms with E-state index in [-0.39, 0.29) is 11.9 Å². The molecule has 0 heterocycles. The van der Waals surface area contributed by atoms with Crippen molar-refractivity contribution in [3.8, 4) is 11.5 Å². The molecule has 2 N–H and O–H groups in total. The summed E-state index contributed by atoms with van der Waals surface area (Å²) in [5, 5.41) is 3.37. The maximum absolute atomic E-state index is 12.5. The Kier molecular flexibility index (Phi) is 7.30. The zero-order chi connectivity index (χ0) is 19.1. The smallest absolute Gasteiger partial charge is 0.282 e. The highest BCUT2D eigenvalue weighted by Gasteiger charge is 2.22. The number of methoxy groups -OCH3 is 1. The van der Waals surface area contributed by atoms with E-state index in [0.717, 1.165) is 22.8 Å². The lowest BCUT2D eigenvalue weighted by atomic mass is 10.1. The van der Waals surface area contributed by atoms with Crippen molar-refractivity contribution in [3.63, 3.8) is 0 Å². The standard InChI is InChI=1S/C20H25ClN2O3/c1-5-26-17-9-6-15(7-10-17)13-23(3)14(2)20(24)22-16-8-11-19(25-4)18(21)12-16/h6-12,14H,5,13H2,1-4H3,(H,22,24)/p+1/t14-/m1/s1. The lowest BCUT2D eigenvalue weighted by Crippen LogP contribution is -3.12. The fourth-order valence-electron chi connectivity index (χ4n) is 2.56. The van der Waals surface area contributed by atoms with E-state index < -0.39 is 0 Å². The number of amides is 1. The molecule has 2 atom stereocenters. The van der Waals surface area contributed by atoms with E-state index >= 15 is 0 Å². The highest BCUT2D eigenvalue weighted by atomic mass is 35.5. The Morgan fingerprint density at radius 3 is 2.50 bits per heavy atom. The minimum absolute atomic E-state index is 0.0605. The van der Waals surface area contributed by atoms with Crippen LogP contribution in [0.2, 0.25) is 5.02 Å². The number of quaternary nitrogens is 1. The third-order valence-electron chi connectivity index (χ3n) is 4.27. The van der Waals surface area contributed by atoms with E-state index in [9.17, 15) is 4.79 Å². The van der Waals surface area contributed by atoms with Crippen LogP contribution in [-0.4, -0.2) is 32.7 Å². The summed E-state index contributed by atoms with van der Waals surface area (Å²) < 4.78 is 10.6. The first-order chi connectivity index (χ1) is 12.4. The molecule has 2 aromatic rings. The number of hydrogen-bond donors (Lipinski definition) is 2. The van der Waals surface area contributed by atoms with Crippen molar-refractivity contribution < 1.29 is 19.2 Å². The lowest BCUT2D eigenvalue weighted by Gasteiger charge is -2.21. The fourth-order valence-corrected chi connectivity index (χ4v) is 2.82. The van der Waals surface area contributed by atoms with Gasteiger partial charge in [0.25, 0.3) is 5.91 Å². The van der Waals surface area contributed by atoms with E-state index in [0.29, 0.717) is 23.1 Å². The molecular weight excluding hydrogens is 352 g/mol. The number of nitrogens with one attached hydrogen (secondary N) is 2. The molecule has 5 nitrogen and oxygen atoms in total. The van der Waals surface area contributed by atoms with Gasteiger partial charge in [0.2, 0.25) is 0 Å². The van der Waals surface area contributed by atoms with Crippen LogP contribution in [-0.2, 0) is 11.3 Å². The molecule has 0 aromatic heterocycles. The van der Waals surface area contributed by atoms with Crippen LogP contribution in [0.5, 0.6) is 11.5 Å². The second-order valence-corrected chi connectivity index (χ2v) is 6.57. The average molecular weight is 378 g/mol. The number of carbonyl (C=O) groups excluding carboxylic acids is 1. The van der Waals surface area contributed by atoms with Gasteiger partial charge in [0, 0.05) is 11.3 Å². The van der Waals surface area contributed by atoms with Gasteiger partial charge in [-0.3, -0.25) is 4.79 Å². The summed E-state index contributed by atoms with van der Waals surface area (Å²) in [5.41, 5.74) is 1.81. The van der Waals surface area contributed by atoms with E-state index in [1.54, 1.807) is 25.3 Å². The molecule has 140 valence electrons. The van der Waals surface area contributed by atoms with E-state index in [1.165, 1.54) is 0 Å². The summed E-state index contributed by atoms with van der Waals surface area (Å²) in [7, 11) is 3.56. The van der Waals surface area contributed by atoms with Gasteiger partial charge in [-0.05, 0) is 56.3 Å². The monoisotopic (exact) mass is 377 g/mol. The maximum Gasteiger partial charge on any atom is 0.282 e. The number of halogens is 1. The minimum Gasteiger partial charge on any atom is -0.495 e. The minimum atomic E-state index is -0.220. The van der Waals surface area contributed by atoms with Gasteiger partial charge in [0.05, 0.1) is 25.8 Å². The molecule has 0 aliphatic carbocycles. The largest absolute Gasteiger partial charge is 0.495 e. The molecule has 0 spiro atoms. The second kappa shape index (κ2) is 9.46. The van der Waals surface area contributed by atoms with Gasteiger partial charge in [-0.25, -0.2) is 0 Å². The molecule has 0 aliphatic rings. The zero-order valence-electron chi connectivity index (χ0n) is 15.6. The number of carbonyl (C=O) groups is 1. The molecule has 1 unspecified atom stereocenters. The lowest BCUT2D eigenvalue weighted by molar-refractivity contribution is -0.907. The van der Waals surface area contributed by atoms with Crippen LogP contribution in [0.25, 0.3) is 0 Å². The van der Waals surface area contributed by atoms with Gasteiger partial charge in [-0.1, -0.05) is 11.6 Å². The number of ether oxygens (including phenoxy) is 2. The molecule has 2 aromatic carbocycles. The van der Waals surface area contributed by atoms with Gasteiger partial charge in [-0.15, -0.1) is 0 Å². The molecule has 6 heteroatoms. The van der Waals surface area contributed by atoms with Crippen LogP contribution >= 0.6 is 11.6 Å². The molecule has 0 saturated heterocycles. The van der Waals surface area contributed by atoms with Gasteiger partial charge >= 0.3 is 0 Å². The van der Waals surface area contributed by atoms with Crippen LogP contribution in [0.3, 0.4) is 0 Å². The van der Waals surface area contributed by atoms with Crippen molar-refractivity contribution in [2.24, 2.45) is 0 Å². The maximum atomic E-state index is 12.5. The topological polar surface area (TPSA) is 52.0 Å². The molecule has 0 saturated carbocycles. The Bertz CT molecular complexity index is 734. The molecular formula is C20H26ClN2O3+. The van der Waals surface area contributed by atoms with Crippen LogP contribution < -0.4 is 19.7 Å². The van der Waals surface area contributed by atoms with Gasteiger partial charge in [-0.2, -0.15) is 0 Å². The van der Waals surface area contributed by atoms with Crippen LogP contribution in [0.15, 0.2) is 42.5 Å². The molecule has 26 heavy (non-hydrogen) atoms. The third kappa shape index (κ3) is 5.38. The van der Waals surface area contributed by atoms with Crippen molar-refractivity contribution in [3.05, 3.63) is 53.1 Å². The summed E-state index contributed by atoms with van der Waals surface area (Å²) in [6.45, 7) is 5.26. The van der Waals surface area contributed by atoms with Crippen molar-refractivity contribution in [2.75, 3.05) is 26.1 Å². The molecule has 1 amide bonds. The number of benzene rings is 2. The fraction of sp³-hybridized carbons (Fsp3) is 0.350. The Morgan fingerprint density at radius 2 is 1.92 bits per heavy atom. The predicted octanol–water partition coefficient (Wildman–Crippen LogP) is 2.79. The molecule has 2 rings (SSSR count). The number of anilines is 1. The van der Waals surface area contributed by atoms with Gasteiger partial charge in [0.15, 0.2) is 6.04 Å². The van der Waals surface area contributed by atoms with Gasteiger partial charge in [0.1, 0.15) is 18.0 Å². The Labute approximate surface area is 159 Å². The summed E-state index contributed by atoms with van der Waals surface area (Å²) in [6.07, 6.45) is 0. The van der Waals surface area contributed by atoms with E-state index in [1.807, 2.05) is 45.2 Å². The normalized spacial score (nSPS) is 13.0. The van der Waals surface area contributed by atoms with Crippen molar-refractivity contribution in [1.82, 2.24) is 0 Å². The van der Waals surface area contributed by atoms with Gasteiger partial charge < -0.3 is 19.7 Å². The highest BCUT2D eigenvalue weighted by molar-refractivity contribution is 6.32. The van der Waals surface area contributed by atoms with Crippen molar-refractivity contribution >= 4 is 23.2 Å². The molecule has 0 aliphatic heterocycles. The SMILES string of the molecule is CCOc1ccc(C[NH+](C)[C@H](C)C(=O)Nc2ccc(OC)c(Cl)c2)cc1. The summed E-state index contributed by atoms with van der Waals surface area (Å²) in [6, 6.07) is 12.9. The molecule has 0 radical (unpaired) electrons. The third-order valence-corrected chi connectivity index (χ3v) is 4.56. The molecule has 0 fully saturated rings. The zero-order valence-corrected chi connectivity index (χ0v) is 16.4. The highest BCUT2D eigenvalue weighted by Crippen LogP contribution is 2.27. The Hall–Kier alpha value is -2.24. The van der Waals surface area contributed by atoms with Crippen molar-refractivity contribution in [2.45, 2.75) is 26.4 Å². The van der Waals surface area contributed by atoms with Crippen molar-refractivity contribution in [1.29, 1.82) is 0 Å². The van der Waals surface area contributed by atoms with E-state index in [2.05, 4.69) is 5.32 Å². The Morgan fingerprint density at radius 1 is 1.23 bits per heavy atom. The quantitative estimate of drug-likeness (QED) is 0.743. The first-order valence-electron chi connectivity index (χ1n) is 8.63. The number of likely N-dealkylation sites (N-methyl/N-ethyl adjacent to an activating group) is 1. The summed E-state index contributed by atoms with van der Waals surface area (Å²) in [4.78, 5) is 13.6. The van der Waals surface area contributed by atoms with Crippen LogP contribution in [0.1, 0.15) is 19.4 Å². The first kappa shape index (κ1) is 20.1. The van der Waals surface area contributed by atoms with Crippen LogP contribution in [0.4, 0.5) is 5.69 Å². The predicted molar refractivity (Wildman–Crippen MR) is 104 cm³/mol. The summed E-state index contributed by atoms with van der Waals surface area (Å²) >= 11 is 6.11. The molecule has 0 bridgehead atoms. The van der Waals surface area contributed by atoms with E-state index in [4.69, 9.17) is 21.1 Å².